The maximum atomic E-state index is 12.4. The molecular weight excluding hydrogens is 426 g/mol. The molecule has 0 saturated heterocycles. The summed E-state index contributed by atoms with van der Waals surface area (Å²) in [4.78, 5) is 13.9. The molecule has 0 unspecified atom stereocenters. The Morgan fingerprint density at radius 2 is 1.97 bits per heavy atom. The number of carbonyl (C=O) groups is 1. The summed E-state index contributed by atoms with van der Waals surface area (Å²) in [6.45, 7) is 10.2. The first kappa shape index (κ1) is 24.0. The number of para-hydroxylation sites is 1. The zero-order chi connectivity index (χ0) is 24.5. The lowest BCUT2D eigenvalue weighted by Gasteiger charge is -2.27. The average Bonchev–Trinajstić information content (AvgIpc) is 3.34. The molecule has 0 aliphatic heterocycles. The van der Waals surface area contributed by atoms with E-state index in [0.717, 1.165) is 5.56 Å². The number of benzene rings is 1. The van der Waals surface area contributed by atoms with Crippen LogP contribution < -0.4 is 15.5 Å². The number of anilines is 3. The van der Waals surface area contributed by atoms with E-state index in [1.807, 2.05) is 26.8 Å². The highest BCUT2D eigenvalue weighted by Crippen LogP contribution is 2.39. The molecule has 3 N–H and O–H groups in total. The smallest absolute Gasteiger partial charge is 0.320 e. The van der Waals surface area contributed by atoms with Crippen LogP contribution in [0.5, 0.6) is 5.75 Å². The minimum atomic E-state index is -0.389. The van der Waals surface area contributed by atoms with Crippen molar-refractivity contribution in [2.24, 2.45) is 5.41 Å². The number of rotatable bonds is 7. The van der Waals surface area contributed by atoms with Gasteiger partial charge >= 0.3 is 11.6 Å². The maximum absolute atomic E-state index is 12.4. The standard InChI is InChI=1S/C23H31N5O5/c1-13(2)14-11-17(32-12-14)19(23(3,4)5)25-21-20(26-33-28(21)31)24-16-10-8-9-15(18(16)29)22(30)27(6)7/h8-13,19,25,29H,1-7H3,(H,24,26)/t19-/m0/s1. The third-order valence-electron chi connectivity index (χ3n) is 5.28. The molecule has 33 heavy (non-hydrogen) atoms. The first-order valence-electron chi connectivity index (χ1n) is 10.6. The highest BCUT2D eigenvalue weighted by Gasteiger charge is 2.35. The summed E-state index contributed by atoms with van der Waals surface area (Å²) >= 11 is 0. The number of hydrogen-bond donors (Lipinski definition) is 3. The van der Waals surface area contributed by atoms with Gasteiger partial charge in [-0.2, -0.15) is 0 Å². The molecule has 0 bridgehead atoms. The molecule has 3 aromatic rings. The van der Waals surface area contributed by atoms with Crippen LogP contribution in [-0.2, 0) is 0 Å². The second-order valence-corrected chi connectivity index (χ2v) is 9.53. The van der Waals surface area contributed by atoms with Crippen molar-refractivity contribution in [2.75, 3.05) is 24.7 Å². The molecule has 0 aliphatic carbocycles. The van der Waals surface area contributed by atoms with Gasteiger partial charge in [-0.1, -0.05) is 45.6 Å². The Morgan fingerprint density at radius 3 is 2.55 bits per heavy atom. The zero-order valence-electron chi connectivity index (χ0n) is 20.0. The van der Waals surface area contributed by atoms with Crippen LogP contribution in [0.4, 0.5) is 17.3 Å². The van der Waals surface area contributed by atoms with E-state index in [4.69, 9.17) is 9.05 Å². The van der Waals surface area contributed by atoms with Crippen molar-refractivity contribution in [3.8, 4) is 5.75 Å². The predicted octanol–water partition coefficient (Wildman–Crippen LogP) is 4.37. The van der Waals surface area contributed by atoms with Gasteiger partial charge in [-0.25, -0.2) is 0 Å². The molecule has 0 spiro atoms. The first-order valence-corrected chi connectivity index (χ1v) is 10.6. The SMILES string of the molecule is CC(C)c1coc([C@H](Nc2c(Nc3cccc(C(=O)N(C)C)c3O)no[n+]2[O-])C(C)(C)C)c1. The number of nitrogens with one attached hydrogen (secondary N) is 2. The number of hydrogen-bond acceptors (Lipinski definition) is 8. The Kier molecular flexibility index (Phi) is 6.57. The summed E-state index contributed by atoms with van der Waals surface area (Å²) in [6.07, 6.45) is 1.71. The number of phenols is 1. The lowest BCUT2D eigenvalue weighted by molar-refractivity contribution is -0.791. The number of furan rings is 1. The van der Waals surface area contributed by atoms with Gasteiger partial charge in [0.05, 0.1) is 17.5 Å². The predicted molar refractivity (Wildman–Crippen MR) is 123 cm³/mol. The fourth-order valence-electron chi connectivity index (χ4n) is 3.31. The molecular formula is C23H31N5O5. The molecule has 0 fully saturated rings. The fraction of sp³-hybridized carbons (Fsp3) is 0.435. The van der Waals surface area contributed by atoms with E-state index in [1.54, 1.807) is 32.5 Å². The second kappa shape index (κ2) is 9.05. The van der Waals surface area contributed by atoms with Crippen LogP contribution in [-0.4, -0.2) is 35.2 Å². The molecule has 178 valence electrons. The van der Waals surface area contributed by atoms with Gasteiger partial charge in [-0.15, -0.1) is 0 Å². The van der Waals surface area contributed by atoms with Crippen LogP contribution in [0.15, 0.2) is 39.6 Å². The number of phenolic OH excluding ortho intramolecular Hbond substituents is 1. The normalized spacial score (nSPS) is 12.6. The molecule has 2 aromatic heterocycles. The molecule has 1 aromatic carbocycles. The second-order valence-electron chi connectivity index (χ2n) is 9.53. The molecule has 10 heteroatoms. The van der Waals surface area contributed by atoms with Crippen LogP contribution in [0, 0.1) is 10.6 Å². The highest BCUT2D eigenvalue weighted by molar-refractivity contribution is 5.98. The molecule has 0 radical (unpaired) electrons. The van der Waals surface area contributed by atoms with E-state index < -0.39 is 0 Å². The van der Waals surface area contributed by atoms with Crippen molar-refractivity contribution in [2.45, 2.75) is 46.6 Å². The molecule has 0 saturated carbocycles. The minimum Gasteiger partial charge on any atom is -0.505 e. The molecule has 2 heterocycles. The van der Waals surface area contributed by atoms with Crippen molar-refractivity contribution in [1.82, 2.24) is 10.1 Å². The van der Waals surface area contributed by atoms with Crippen molar-refractivity contribution >= 4 is 23.2 Å². The molecule has 3 rings (SSSR count). The first-order chi connectivity index (χ1) is 15.4. The van der Waals surface area contributed by atoms with Gasteiger partial charge in [0.1, 0.15) is 11.8 Å². The number of aromatic hydroxyl groups is 1. The number of amides is 1. The Balaban J connectivity index is 1.95. The summed E-state index contributed by atoms with van der Waals surface area (Å²) in [5.74, 6) is 0.406. The fourth-order valence-corrected chi connectivity index (χ4v) is 3.31. The van der Waals surface area contributed by atoms with Crippen LogP contribution >= 0.6 is 0 Å². The van der Waals surface area contributed by atoms with Gasteiger partial charge in [0.15, 0.2) is 5.75 Å². The molecule has 1 amide bonds. The highest BCUT2D eigenvalue weighted by atomic mass is 16.8. The number of carbonyl (C=O) groups excluding carboxylic acids is 1. The minimum absolute atomic E-state index is 0.0150. The Morgan fingerprint density at radius 1 is 1.27 bits per heavy atom. The summed E-state index contributed by atoms with van der Waals surface area (Å²) in [7, 11) is 3.18. The van der Waals surface area contributed by atoms with Gasteiger partial charge in [0, 0.05) is 19.5 Å². The monoisotopic (exact) mass is 457 g/mol. The maximum Gasteiger partial charge on any atom is 0.320 e. The van der Waals surface area contributed by atoms with Gasteiger partial charge in [0.25, 0.3) is 5.91 Å². The summed E-state index contributed by atoms with van der Waals surface area (Å²) in [5.41, 5.74) is 1.02. The lowest BCUT2D eigenvalue weighted by Crippen LogP contribution is -2.33. The third kappa shape index (κ3) is 5.05. The molecule has 10 nitrogen and oxygen atoms in total. The lowest BCUT2D eigenvalue weighted by atomic mass is 9.85. The van der Waals surface area contributed by atoms with Crippen molar-refractivity contribution < 1.29 is 23.9 Å². The summed E-state index contributed by atoms with van der Waals surface area (Å²) in [5, 5.41) is 32.9. The Bertz CT molecular complexity index is 1130. The largest absolute Gasteiger partial charge is 0.505 e. The molecule has 0 aliphatic rings. The number of nitrogens with zero attached hydrogens (tertiary/aromatic N) is 3. The van der Waals surface area contributed by atoms with Gasteiger partial charge < -0.3 is 29.6 Å². The van der Waals surface area contributed by atoms with Crippen LogP contribution in [0.25, 0.3) is 0 Å². The van der Waals surface area contributed by atoms with Crippen molar-refractivity contribution in [1.29, 1.82) is 0 Å². The van der Waals surface area contributed by atoms with E-state index >= 15 is 0 Å². The van der Waals surface area contributed by atoms with Crippen LogP contribution in [0.2, 0.25) is 0 Å². The molecule has 1 atom stereocenters. The van der Waals surface area contributed by atoms with E-state index in [0.29, 0.717) is 11.7 Å². The summed E-state index contributed by atoms with van der Waals surface area (Å²) < 4.78 is 10.6. The van der Waals surface area contributed by atoms with Crippen molar-refractivity contribution in [3.05, 3.63) is 52.6 Å². The third-order valence-corrected chi connectivity index (χ3v) is 5.28. The summed E-state index contributed by atoms with van der Waals surface area (Å²) in [6, 6.07) is 6.27. The quantitative estimate of drug-likeness (QED) is 0.352. The van der Waals surface area contributed by atoms with Crippen LogP contribution in [0.1, 0.15) is 68.3 Å². The van der Waals surface area contributed by atoms with Gasteiger partial charge in [-0.05, 0) is 34.8 Å². The van der Waals surface area contributed by atoms with E-state index in [-0.39, 0.29) is 50.9 Å². The van der Waals surface area contributed by atoms with Gasteiger partial charge in [0.2, 0.25) is 0 Å². The van der Waals surface area contributed by atoms with Gasteiger partial charge in [-0.3, -0.25) is 10.1 Å². The van der Waals surface area contributed by atoms with Crippen molar-refractivity contribution in [3.63, 3.8) is 0 Å². The van der Waals surface area contributed by atoms with E-state index in [2.05, 4.69) is 29.6 Å². The Hall–Kier alpha value is -3.69. The average molecular weight is 458 g/mol. The van der Waals surface area contributed by atoms with E-state index in [9.17, 15) is 15.1 Å². The number of aromatic nitrogens is 2. The van der Waals surface area contributed by atoms with Crippen LogP contribution in [0.3, 0.4) is 0 Å². The zero-order valence-corrected chi connectivity index (χ0v) is 20.0. The topological polar surface area (TPSA) is 131 Å². The van der Waals surface area contributed by atoms with E-state index in [1.165, 1.54) is 11.0 Å². The Labute approximate surface area is 192 Å².